The summed E-state index contributed by atoms with van der Waals surface area (Å²) in [5, 5.41) is 8.61. The molecule has 0 spiro atoms. The molecule has 0 aliphatic heterocycles. The Morgan fingerprint density at radius 2 is 2.33 bits per heavy atom. The first-order valence-electron chi connectivity index (χ1n) is 3.75. The van der Waals surface area contributed by atoms with Crippen LogP contribution < -0.4 is 0 Å². The van der Waals surface area contributed by atoms with E-state index in [1.54, 1.807) is 6.92 Å². The van der Waals surface area contributed by atoms with Gasteiger partial charge in [0.25, 0.3) is 0 Å². The third-order valence-corrected chi connectivity index (χ3v) is 1.69. The molecule has 0 aliphatic rings. The van der Waals surface area contributed by atoms with Crippen LogP contribution in [0.25, 0.3) is 0 Å². The molecule has 1 aromatic heterocycles. The van der Waals surface area contributed by atoms with Gasteiger partial charge in [-0.05, 0) is 19.4 Å². The van der Waals surface area contributed by atoms with E-state index >= 15 is 0 Å². The zero-order valence-corrected chi connectivity index (χ0v) is 7.06. The maximum atomic E-state index is 12.9. The standard InChI is InChI=1S/C9H9FN2/c1-3-9-7(5-11)4-8(10)6(2)12-9/h4H,3H2,1-2H3. The van der Waals surface area contributed by atoms with Crippen LogP contribution in [0.2, 0.25) is 0 Å². The van der Waals surface area contributed by atoms with Crippen molar-refractivity contribution in [2.45, 2.75) is 20.3 Å². The lowest BCUT2D eigenvalue weighted by Crippen LogP contribution is -1.98. The number of aromatic nitrogens is 1. The Labute approximate surface area is 70.7 Å². The summed E-state index contributed by atoms with van der Waals surface area (Å²) < 4.78 is 12.9. The van der Waals surface area contributed by atoms with Crippen LogP contribution in [0.1, 0.15) is 23.9 Å². The summed E-state index contributed by atoms with van der Waals surface area (Å²) in [7, 11) is 0. The average molecular weight is 164 g/mol. The molecule has 0 aromatic carbocycles. The highest BCUT2D eigenvalue weighted by molar-refractivity contribution is 5.34. The Balaban J connectivity index is 3.31. The smallest absolute Gasteiger partial charge is 0.145 e. The summed E-state index contributed by atoms with van der Waals surface area (Å²) in [5.74, 6) is -0.413. The van der Waals surface area contributed by atoms with E-state index in [2.05, 4.69) is 4.98 Å². The van der Waals surface area contributed by atoms with E-state index in [0.717, 1.165) is 0 Å². The van der Waals surface area contributed by atoms with Crippen molar-refractivity contribution in [1.82, 2.24) is 4.98 Å². The molecule has 1 rings (SSSR count). The van der Waals surface area contributed by atoms with Crippen molar-refractivity contribution in [2.24, 2.45) is 0 Å². The molecule has 0 saturated carbocycles. The van der Waals surface area contributed by atoms with Gasteiger partial charge in [-0.3, -0.25) is 4.98 Å². The minimum atomic E-state index is -0.413. The molecule has 0 unspecified atom stereocenters. The van der Waals surface area contributed by atoms with Gasteiger partial charge < -0.3 is 0 Å². The average Bonchev–Trinajstić information content (AvgIpc) is 2.09. The number of hydrogen-bond donors (Lipinski definition) is 0. The first-order valence-corrected chi connectivity index (χ1v) is 3.75. The van der Waals surface area contributed by atoms with Gasteiger partial charge in [-0.2, -0.15) is 5.26 Å². The number of nitriles is 1. The van der Waals surface area contributed by atoms with E-state index in [4.69, 9.17) is 5.26 Å². The second kappa shape index (κ2) is 3.31. The van der Waals surface area contributed by atoms with Gasteiger partial charge in [0, 0.05) is 0 Å². The molecule has 0 saturated heterocycles. The molecule has 62 valence electrons. The second-order valence-electron chi connectivity index (χ2n) is 2.52. The zero-order valence-electron chi connectivity index (χ0n) is 7.06. The van der Waals surface area contributed by atoms with Crippen molar-refractivity contribution < 1.29 is 4.39 Å². The van der Waals surface area contributed by atoms with Crippen molar-refractivity contribution in [3.05, 3.63) is 28.8 Å². The van der Waals surface area contributed by atoms with Crippen LogP contribution in [-0.2, 0) is 6.42 Å². The first kappa shape index (κ1) is 8.66. The minimum absolute atomic E-state index is 0.334. The molecule has 0 aliphatic carbocycles. The summed E-state index contributed by atoms with van der Waals surface area (Å²) in [6.07, 6.45) is 0.657. The minimum Gasteiger partial charge on any atom is -0.254 e. The van der Waals surface area contributed by atoms with Crippen LogP contribution >= 0.6 is 0 Å². The SMILES string of the molecule is CCc1nc(C)c(F)cc1C#N. The van der Waals surface area contributed by atoms with Crippen LogP contribution in [0, 0.1) is 24.1 Å². The fourth-order valence-corrected chi connectivity index (χ4v) is 0.997. The maximum Gasteiger partial charge on any atom is 0.145 e. The Morgan fingerprint density at radius 1 is 1.67 bits per heavy atom. The largest absolute Gasteiger partial charge is 0.254 e. The van der Waals surface area contributed by atoms with Crippen molar-refractivity contribution in [2.75, 3.05) is 0 Å². The molecule has 2 nitrogen and oxygen atoms in total. The van der Waals surface area contributed by atoms with Gasteiger partial charge in [-0.15, -0.1) is 0 Å². The molecule has 0 bridgehead atoms. The number of pyridine rings is 1. The van der Waals surface area contributed by atoms with Gasteiger partial charge in [0.1, 0.15) is 11.9 Å². The topological polar surface area (TPSA) is 36.7 Å². The molecule has 3 heteroatoms. The summed E-state index contributed by atoms with van der Waals surface area (Å²) >= 11 is 0. The summed E-state index contributed by atoms with van der Waals surface area (Å²) in [6.45, 7) is 3.48. The highest BCUT2D eigenvalue weighted by Crippen LogP contribution is 2.10. The van der Waals surface area contributed by atoms with Crippen LogP contribution in [0.5, 0.6) is 0 Å². The monoisotopic (exact) mass is 164 g/mol. The van der Waals surface area contributed by atoms with Crippen molar-refractivity contribution in [3.63, 3.8) is 0 Å². The van der Waals surface area contributed by atoms with E-state index in [1.165, 1.54) is 6.07 Å². The molecule has 0 N–H and O–H groups in total. The van der Waals surface area contributed by atoms with Crippen LogP contribution in [-0.4, -0.2) is 4.98 Å². The van der Waals surface area contributed by atoms with E-state index in [-0.39, 0.29) is 0 Å². The van der Waals surface area contributed by atoms with Crippen molar-refractivity contribution >= 4 is 0 Å². The predicted molar refractivity (Wildman–Crippen MR) is 43.0 cm³/mol. The third-order valence-electron chi connectivity index (χ3n) is 1.69. The number of halogens is 1. The van der Waals surface area contributed by atoms with Gasteiger partial charge in [0.2, 0.25) is 0 Å². The fraction of sp³-hybridized carbons (Fsp3) is 0.333. The second-order valence-corrected chi connectivity index (χ2v) is 2.52. The van der Waals surface area contributed by atoms with E-state index in [1.807, 2.05) is 13.0 Å². The first-order chi connectivity index (χ1) is 5.69. The van der Waals surface area contributed by atoms with Gasteiger partial charge in [0.05, 0.1) is 17.0 Å². The lowest BCUT2D eigenvalue weighted by Gasteiger charge is -2.01. The number of hydrogen-bond acceptors (Lipinski definition) is 2. The molecule has 1 heterocycles. The third kappa shape index (κ3) is 1.42. The maximum absolute atomic E-state index is 12.9. The Hall–Kier alpha value is -1.43. The molecule has 0 amide bonds. The molecule has 0 fully saturated rings. The van der Waals surface area contributed by atoms with Crippen LogP contribution in [0.15, 0.2) is 6.07 Å². The van der Waals surface area contributed by atoms with E-state index < -0.39 is 5.82 Å². The van der Waals surface area contributed by atoms with E-state index in [9.17, 15) is 4.39 Å². The number of aryl methyl sites for hydroxylation is 2. The molecule has 0 radical (unpaired) electrons. The highest BCUT2D eigenvalue weighted by Gasteiger charge is 2.06. The van der Waals surface area contributed by atoms with Crippen LogP contribution in [0.3, 0.4) is 0 Å². The molecule has 12 heavy (non-hydrogen) atoms. The lowest BCUT2D eigenvalue weighted by atomic mass is 10.1. The number of nitrogens with zero attached hydrogens (tertiary/aromatic N) is 2. The molecule has 1 aromatic rings. The summed E-state index contributed by atoms with van der Waals surface area (Å²) in [5.41, 5.74) is 1.35. The summed E-state index contributed by atoms with van der Waals surface area (Å²) in [6, 6.07) is 3.15. The van der Waals surface area contributed by atoms with E-state index in [0.29, 0.717) is 23.4 Å². The fourth-order valence-electron chi connectivity index (χ4n) is 0.997. The Kier molecular flexibility index (Phi) is 2.39. The van der Waals surface area contributed by atoms with Crippen molar-refractivity contribution in [3.8, 4) is 6.07 Å². The van der Waals surface area contributed by atoms with Gasteiger partial charge in [-0.1, -0.05) is 6.92 Å². The van der Waals surface area contributed by atoms with Gasteiger partial charge >= 0.3 is 0 Å². The Bertz CT molecular complexity index is 339. The van der Waals surface area contributed by atoms with Crippen LogP contribution in [0.4, 0.5) is 4.39 Å². The quantitative estimate of drug-likeness (QED) is 0.636. The molecular formula is C9H9FN2. The normalized spacial score (nSPS) is 9.50. The van der Waals surface area contributed by atoms with Gasteiger partial charge in [0.15, 0.2) is 0 Å². The lowest BCUT2D eigenvalue weighted by molar-refractivity contribution is 0.606. The highest BCUT2D eigenvalue weighted by atomic mass is 19.1. The zero-order chi connectivity index (χ0) is 9.14. The predicted octanol–water partition coefficient (Wildman–Crippen LogP) is 1.96. The van der Waals surface area contributed by atoms with Crippen molar-refractivity contribution in [1.29, 1.82) is 5.26 Å². The Morgan fingerprint density at radius 3 is 2.83 bits per heavy atom. The summed E-state index contributed by atoms with van der Waals surface area (Å²) in [4.78, 5) is 3.96. The molecular weight excluding hydrogens is 155 g/mol. The molecule has 0 atom stereocenters. The number of rotatable bonds is 1. The van der Waals surface area contributed by atoms with Gasteiger partial charge in [-0.25, -0.2) is 4.39 Å².